The summed E-state index contributed by atoms with van der Waals surface area (Å²) in [6.07, 6.45) is 3.10. The number of aromatic nitrogens is 2. The van der Waals surface area contributed by atoms with Crippen LogP contribution in [0.2, 0.25) is 0 Å². The van der Waals surface area contributed by atoms with Crippen LogP contribution in [0.5, 0.6) is 0 Å². The average molecular weight is 381 g/mol. The Morgan fingerprint density at radius 3 is 2.85 bits per heavy atom. The molecule has 1 aromatic rings. The van der Waals surface area contributed by atoms with Gasteiger partial charge in [-0.2, -0.15) is 0 Å². The average Bonchev–Trinajstić information content (AvgIpc) is 3.14. The van der Waals surface area contributed by atoms with Gasteiger partial charge in [-0.05, 0) is 46.5 Å². The van der Waals surface area contributed by atoms with Crippen LogP contribution in [0.3, 0.4) is 0 Å². The van der Waals surface area contributed by atoms with Crippen LogP contribution in [0.25, 0.3) is 0 Å². The molecule has 27 heavy (non-hydrogen) atoms. The maximum atomic E-state index is 12.0. The third kappa shape index (κ3) is 4.68. The standard InChI is InChI=1S/C17H27N5O5/c1-17(2,3)27-15(23)18-9-5-4-6-13-19-20-14(26-13)12-8-7-11-10-21(12)16(24)22(11)25/h11-12,25H,4-10H2,1-3H3,(H,18,23). The summed E-state index contributed by atoms with van der Waals surface area (Å²) in [5, 5.41) is 21.4. The fraction of sp³-hybridized carbons (Fsp3) is 0.765. The van der Waals surface area contributed by atoms with Crippen LogP contribution < -0.4 is 5.32 Å². The summed E-state index contributed by atoms with van der Waals surface area (Å²) in [5.41, 5.74) is -0.507. The predicted octanol–water partition coefficient (Wildman–Crippen LogP) is 2.25. The van der Waals surface area contributed by atoms with Gasteiger partial charge in [-0.25, -0.2) is 14.7 Å². The van der Waals surface area contributed by atoms with Crippen LogP contribution in [0, 0.1) is 0 Å². The molecule has 2 atom stereocenters. The monoisotopic (exact) mass is 381 g/mol. The van der Waals surface area contributed by atoms with Crippen molar-refractivity contribution in [3.05, 3.63) is 11.8 Å². The number of hydrogen-bond donors (Lipinski definition) is 2. The third-order valence-corrected chi connectivity index (χ3v) is 4.60. The van der Waals surface area contributed by atoms with Gasteiger partial charge in [0.25, 0.3) is 0 Å². The van der Waals surface area contributed by atoms with Gasteiger partial charge in [0.2, 0.25) is 11.8 Å². The van der Waals surface area contributed by atoms with Gasteiger partial charge in [0.15, 0.2) is 0 Å². The predicted molar refractivity (Wildman–Crippen MR) is 93.0 cm³/mol. The van der Waals surface area contributed by atoms with E-state index < -0.39 is 17.7 Å². The van der Waals surface area contributed by atoms with Crippen molar-refractivity contribution < 1.29 is 24.0 Å². The number of nitrogens with one attached hydrogen (secondary N) is 1. The van der Waals surface area contributed by atoms with Crippen molar-refractivity contribution in [3.63, 3.8) is 0 Å². The molecule has 2 aliphatic rings. The fourth-order valence-electron chi connectivity index (χ4n) is 3.32. The van der Waals surface area contributed by atoms with Gasteiger partial charge < -0.3 is 19.4 Å². The molecule has 2 N–H and O–H groups in total. The molecule has 2 saturated heterocycles. The van der Waals surface area contributed by atoms with Crippen molar-refractivity contribution in [1.29, 1.82) is 0 Å². The minimum absolute atomic E-state index is 0.145. The van der Waals surface area contributed by atoms with Gasteiger partial charge in [0, 0.05) is 19.5 Å². The molecule has 2 aliphatic heterocycles. The van der Waals surface area contributed by atoms with Crippen molar-refractivity contribution in [2.75, 3.05) is 13.1 Å². The lowest BCUT2D eigenvalue weighted by Crippen LogP contribution is -2.34. The molecular weight excluding hydrogens is 354 g/mol. The first-order chi connectivity index (χ1) is 12.7. The van der Waals surface area contributed by atoms with Crippen molar-refractivity contribution in [2.45, 2.75) is 70.6 Å². The number of hydroxylamine groups is 2. The fourth-order valence-corrected chi connectivity index (χ4v) is 3.32. The Morgan fingerprint density at radius 1 is 1.33 bits per heavy atom. The number of amides is 3. The first kappa shape index (κ1) is 19.4. The van der Waals surface area contributed by atoms with E-state index in [4.69, 9.17) is 9.15 Å². The van der Waals surface area contributed by atoms with Crippen LogP contribution in [0.1, 0.15) is 64.3 Å². The number of unbranched alkanes of at least 4 members (excludes halogenated alkanes) is 1. The molecule has 10 nitrogen and oxygen atoms in total. The number of alkyl carbamates (subject to hydrolysis) is 1. The number of piperidine rings is 1. The number of rotatable bonds is 6. The van der Waals surface area contributed by atoms with Crippen molar-refractivity contribution in [1.82, 2.24) is 25.5 Å². The second kappa shape index (κ2) is 7.71. The largest absolute Gasteiger partial charge is 0.444 e. The van der Waals surface area contributed by atoms with E-state index in [1.165, 1.54) is 0 Å². The zero-order valence-corrected chi connectivity index (χ0v) is 16.0. The van der Waals surface area contributed by atoms with Crippen LogP contribution in [0.15, 0.2) is 4.42 Å². The molecule has 0 aromatic carbocycles. The SMILES string of the molecule is CC(C)(C)OC(=O)NCCCCc1nnc(C2CCC3CN2C(=O)N3O)o1. The molecule has 3 rings (SSSR count). The smallest absolute Gasteiger partial charge is 0.407 e. The molecule has 3 amide bonds. The van der Waals surface area contributed by atoms with E-state index in [9.17, 15) is 14.8 Å². The minimum atomic E-state index is -0.507. The first-order valence-electron chi connectivity index (χ1n) is 9.32. The summed E-state index contributed by atoms with van der Waals surface area (Å²) in [7, 11) is 0. The Labute approximate surface area is 157 Å². The van der Waals surface area contributed by atoms with E-state index in [-0.39, 0.29) is 12.1 Å². The number of carbonyl (C=O) groups is 2. The maximum absolute atomic E-state index is 12.0. The molecule has 0 spiro atoms. The molecule has 2 fully saturated rings. The highest BCUT2D eigenvalue weighted by atomic mass is 16.6. The minimum Gasteiger partial charge on any atom is -0.444 e. The topological polar surface area (TPSA) is 121 Å². The zero-order valence-electron chi connectivity index (χ0n) is 16.0. The van der Waals surface area contributed by atoms with Crippen molar-refractivity contribution >= 4 is 12.1 Å². The summed E-state index contributed by atoms with van der Waals surface area (Å²) in [4.78, 5) is 25.2. The lowest BCUT2D eigenvalue weighted by molar-refractivity contribution is -0.0584. The Hall–Kier alpha value is -2.36. The molecule has 3 heterocycles. The normalized spacial score (nSPS) is 22.3. The molecule has 2 bridgehead atoms. The number of ether oxygens (including phenoxy) is 1. The Bertz CT molecular complexity index is 685. The van der Waals surface area contributed by atoms with E-state index >= 15 is 0 Å². The van der Waals surface area contributed by atoms with E-state index in [1.54, 1.807) is 4.90 Å². The summed E-state index contributed by atoms with van der Waals surface area (Å²) < 4.78 is 10.9. The molecule has 2 unspecified atom stereocenters. The van der Waals surface area contributed by atoms with Crippen molar-refractivity contribution in [2.24, 2.45) is 0 Å². The highest BCUT2D eigenvalue weighted by molar-refractivity contribution is 5.76. The molecule has 0 saturated carbocycles. The summed E-state index contributed by atoms with van der Waals surface area (Å²) >= 11 is 0. The first-order valence-corrected chi connectivity index (χ1v) is 9.32. The van der Waals surface area contributed by atoms with E-state index in [0.29, 0.717) is 44.1 Å². The van der Waals surface area contributed by atoms with Crippen LogP contribution in [-0.2, 0) is 11.2 Å². The molecule has 0 aliphatic carbocycles. The second-order valence-corrected chi connectivity index (χ2v) is 7.95. The Balaban J connectivity index is 1.41. The van der Waals surface area contributed by atoms with Crippen LogP contribution >= 0.6 is 0 Å². The number of urea groups is 1. The lowest BCUT2D eigenvalue weighted by atomic mass is 10.0. The van der Waals surface area contributed by atoms with Gasteiger partial charge in [0.05, 0.1) is 6.04 Å². The Morgan fingerprint density at radius 2 is 2.11 bits per heavy atom. The quantitative estimate of drug-likeness (QED) is 0.572. The van der Waals surface area contributed by atoms with Crippen LogP contribution in [-0.4, -0.2) is 62.2 Å². The third-order valence-electron chi connectivity index (χ3n) is 4.60. The van der Waals surface area contributed by atoms with Crippen LogP contribution in [0.4, 0.5) is 9.59 Å². The van der Waals surface area contributed by atoms with Crippen molar-refractivity contribution in [3.8, 4) is 0 Å². The molecular formula is C17H27N5O5. The lowest BCUT2D eigenvalue weighted by Gasteiger charge is -2.27. The zero-order chi connectivity index (χ0) is 19.6. The number of aryl methyl sites for hydroxylation is 1. The maximum Gasteiger partial charge on any atom is 0.407 e. The number of fused-ring (bicyclic) bond motifs is 2. The molecule has 150 valence electrons. The van der Waals surface area contributed by atoms with Gasteiger partial charge in [0.1, 0.15) is 11.6 Å². The highest BCUT2D eigenvalue weighted by Gasteiger charge is 2.46. The number of carbonyl (C=O) groups excluding carboxylic acids is 2. The molecule has 0 radical (unpaired) electrons. The summed E-state index contributed by atoms with van der Waals surface area (Å²) in [6.45, 7) is 6.45. The van der Waals surface area contributed by atoms with Gasteiger partial charge in [-0.15, -0.1) is 10.2 Å². The van der Waals surface area contributed by atoms with E-state index in [2.05, 4.69) is 15.5 Å². The highest BCUT2D eigenvalue weighted by Crippen LogP contribution is 2.36. The molecule has 1 aromatic heterocycles. The van der Waals surface area contributed by atoms with Gasteiger partial charge in [-0.1, -0.05) is 0 Å². The number of hydrogen-bond acceptors (Lipinski definition) is 7. The summed E-state index contributed by atoms with van der Waals surface area (Å²) in [5.74, 6) is 0.927. The van der Waals surface area contributed by atoms with E-state index in [1.807, 2.05) is 20.8 Å². The number of nitrogens with zero attached hydrogens (tertiary/aromatic N) is 4. The van der Waals surface area contributed by atoms with Gasteiger partial charge in [-0.3, -0.25) is 5.21 Å². The Kier molecular flexibility index (Phi) is 5.54. The summed E-state index contributed by atoms with van der Waals surface area (Å²) in [6, 6.07) is -0.829. The van der Waals surface area contributed by atoms with Gasteiger partial charge >= 0.3 is 12.1 Å². The van der Waals surface area contributed by atoms with E-state index in [0.717, 1.165) is 17.9 Å². The molecule has 10 heteroatoms. The second-order valence-electron chi connectivity index (χ2n) is 7.95.